The second-order valence-corrected chi connectivity index (χ2v) is 4.24. The van der Waals surface area contributed by atoms with E-state index in [1.807, 2.05) is 6.92 Å². The van der Waals surface area contributed by atoms with Crippen LogP contribution in [0.2, 0.25) is 0 Å². The molecule has 1 atom stereocenters. The van der Waals surface area contributed by atoms with Crippen LogP contribution in [0.4, 0.5) is 8.78 Å². The van der Waals surface area contributed by atoms with Gasteiger partial charge in [-0.05, 0) is 38.3 Å². The molecule has 0 heterocycles. The zero-order valence-corrected chi connectivity index (χ0v) is 8.76. The lowest BCUT2D eigenvalue weighted by atomic mass is 10.1. The molecule has 82 valence electrons. The van der Waals surface area contributed by atoms with E-state index in [2.05, 4.69) is 5.32 Å². The third-order valence-electron chi connectivity index (χ3n) is 2.84. The highest BCUT2D eigenvalue weighted by Gasteiger charge is 2.22. The Balaban J connectivity index is 1.99. The fourth-order valence-electron chi connectivity index (χ4n) is 1.63. The van der Waals surface area contributed by atoms with Gasteiger partial charge in [0.1, 0.15) is 11.6 Å². The van der Waals surface area contributed by atoms with Gasteiger partial charge in [0.25, 0.3) is 0 Å². The van der Waals surface area contributed by atoms with Gasteiger partial charge in [-0.2, -0.15) is 0 Å². The number of benzene rings is 1. The summed E-state index contributed by atoms with van der Waals surface area (Å²) in [7, 11) is 0. The van der Waals surface area contributed by atoms with E-state index in [9.17, 15) is 8.78 Å². The Morgan fingerprint density at radius 3 is 2.73 bits per heavy atom. The summed E-state index contributed by atoms with van der Waals surface area (Å²) in [6, 6.07) is 3.69. The molecule has 0 aliphatic heterocycles. The first-order valence-electron chi connectivity index (χ1n) is 5.35. The molecular weight excluding hydrogens is 196 g/mol. The van der Waals surface area contributed by atoms with Gasteiger partial charge in [-0.15, -0.1) is 0 Å². The molecule has 0 unspecified atom stereocenters. The first-order chi connectivity index (χ1) is 7.16. The van der Waals surface area contributed by atoms with Crippen molar-refractivity contribution in [2.45, 2.75) is 25.8 Å². The first kappa shape index (κ1) is 10.6. The molecule has 0 bridgehead atoms. The number of rotatable bonds is 4. The van der Waals surface area contributed by atoms with Crippen LogP contribution in [-0.2, 0) is 0 Å². The Morgan fingerprint density at radius 1 is 1.40 bits per heavy atom. The third kappa shape index (κ3) is 2.75. The molecule has 3 heteroatoms. The summed E-state index contributed by atoms with van der Waals surface area (Å²) in [5.41, 5.74) is 0.539. The Labute approximate surface area is 88.5 Å². The maximum atomic E-state index is 13.4. The molecule has 1 N–H and O–H groups in total. The van der Waals surface area contributed by atoms with Gasteiger partial charge in [0, 0.05) is 17.7 Å². The van der Waals surface area contributed by atoms with Gasteiger partial charge in [-0.1, -0.05) is 6.07 Å². The van der Waals surface area contributed by atoms with Crippen molar-refractivity contribution in [3.05, 3.63) is 35.4 Å². The standard InChI is InChI=1S/C12H15F2N/c1-8(15-7-9-2-3-9)11-5-4-10(13)6-12(11)14/h4-6,8-9,15H,2-3,7H2,1H3/t8-/m0/s1. The van der Waals surface area contributed by atoms with Crippen molar-refractivity contribution in [3.8, 4) is 0 Å². The smallest absolute Gasteiger partial charge is 0.130 e. The summed E-state index contributed by atoms with van der Waals surface area (Å²) >= 11 is 0. The highest BCUT2D eigenvalue weighted by Crippen LogP contribution is 2.28. The summed E-state index contributed by atoms with van der Waals surface area (Å²) < 4.78 is 26.0. The molecule has 1 nitrogen and oxygen atoms in total. The molecule has 0 spiro atoms. The Kier molecular flexibility index (Phi) is 3.00. The van der Waals surface area contributed by atoms with Gasteiger partial charge in [0.05, 0.1) is 0 Å². The van der Waals surface area contributed by atoms with Crippen LogP contribution in [0.15, 0.2) is 18.2 Å². The summed E-state index contributed by atoms with van der Waals surface area (Å²) in [6.07, 6.45) is 2.54. The first-order valence-corrected chi connectivity index (χ1v) is 5.35. The normalized spacial score (nSPS) is 17.8. The molecule has 0 amide bonds. The van der Waals surface area contributed by atoms with Crippen molar-refractivity contribution in [2.24, 2.45) is 5.92 Å². The molecule has 0 aromatic heterocycles. The van der Waals surface area contributed by atoms with Crippen LogP contribution >= 0.6 is 0 Å². The average molecular weight is 211 g/mol. The van der Waals surface area contributed by atoms with Crippen LogP contribution in [0.1, 0.15) is 31.4 Å². The quantitative estimate of drug-likeness (QED) is 0.807. The summed E-state index contributed by atoms with van der Waals surface area (Å²) in [5.74, 6) is -0.229. The second kappa shape index (κ2) is 4.27. The van der Waals surface area contributed by atoms with Crippen LogP contribution in [-0.4, -0.2) is 6.54 Å². The van der Waals surface area contributed by atoms with Crippen LogP contribution < -0.4 is 5.32 Å². The monoisotopic (exact) mass is 211 g/mol. The Bertz CT molecular complexity index is 347. The molecule has 1 aliphatic carbocycles. The number of nitrogens with one attached hydrogen (secondary N) is 1. The summed E-state index contributed by atoms with van der Waals surface area (Å²) in [4.78, 5) is 0. The van der Waals surface area contributed by atoms with Crippen LogP contribution in [0.5, 0.6) is 0 Å². The topological polar surface area (TPSA) is 12.0 Å². The van der Waals surface area contributed by atoms with Crippen LogP contribution in [0.25, 0.3) is 0 Å². The molecular formula is C12H15F2N. The minimum Gasteiger partial charge on any atom is -0.310 e. The highest BCUT2D eigenvalue weighted by atomic mass is 19.1. The van der Waals surface area contributed by atoms with Crippen molar-refractivity contribution < 1.29 is 8.78 Å². The lowest BCUT2D eigenvalue weighted by Gasteiger charge is -2.14. The van der Waals surface area contributed by atoms with Crippen molar-refractivity contribution >= 4 is 0 Å². The van der Waals surface area contributed by atoms with Crippen molar-refractivity contribution in [2.75, 3.05) is 6.54 Å². The van der Waals surface area contributed by atoms with Crippen LogP contribution in [0, 0.1) is 17.6 Å². The maximum Gasteiger partial charge on any atom is 0.130 e. The molecule has 0 radical (unpaired) electrons. The predicted octanol–water partition coefficient (Wildman–Crippen LogP) is 3.03. The fraction of sp³-hybridized carbons (Fsp3) is 0.500. The Hall–Kier alpha value is -0.960. The predicted molar refractivity (Wildman–Crippen MR) is 55.5 cm³/mol. The van der Waals surface area contributed by atoms with Gasteiger partial charge in [-0.25, -0.2) is 8.78 Å². The lowest BCUT2D eigenvalue weighted by Crippen LogP contribution is -2.21. The van der Waals surface area contributed by atoms with E-state index in [4.69, 9.17) is 0 Å². The highest BCUT2D eigenvalue weighted by molar-refractivity contribution is 5.21. The third-order valence-corrected chi connectivity index (χ3v) is 2.84. The van der Waals surface area contributed by atoms with Crippen LogP contribution in [0.3, 0.4) is 0 Å². The van der Waals surface area contributed by atoms with Crippen molar-refractivity contribution in [1.82, 2.24) is 5.32 Å². The van der Waals surface area contributed by atoms with E-state index in [0.717, 1.165) is 18.5 Å². The molecule has 0 saturated heterocycles. The van der Waals surface area contributed by atoms with E-state index in [-0.39, 0.29) is 6.04 Å². The second-order valence-electron chi connectivity index (χ2n) is 4.24. The van der Waals surface area contributed by atoms with Gasteiger partial charge in [0.2, 0.25) is 0 Å². The molecule has 1 aliphatic rings. The SMILES string of the molecule is C[C@H](NCC1CC1)c1ccc(F)cc1F. The zero-order chi connectivity index (χ0) is 10.8. The summed E-state index contributed by atoms with van der Waals surface area (Å²) in [5, 5.41) is 3.26. The summed E-state index contributed by atoms with van der Waals surface area (Å²) in [6.45, 7) is 2.83. The molecule has 1 fully saturated rings. The van der Waals surface area contributed by atoms with Crippen molar-refractivity contribution in [3.63, 3.8) is 0 Å². The van der Waals surface area contributed by atoms with Gasteiger partial charge in [0.15, 0.2) is 0 Å². The lowest BCUT2D eigenvalue weighted by molar-refractivity contribution is 0.507. The molecule has 15 heavy (non-hydrogen) atoms. The molecule has 1 saturated carbocycles. The van der Waals surface area contributed by atoms with E-state index >= 15 is 0 Å². The van der Waals surface area contributed by atoms with E-state index in [0.29, 0.717) is 5.56 Å². The largest absolute Gasteiger partial charge is 0.310 e. The van der Waals surface area contributed by atoms with Gasteiger partial charge >= 0.3 is 0 Å². The zero-order valence-electron chi connectivity index (χ0n) is 8.76. The molecule has 2 rings (SSSR count). The average Bonchev–Trinajstić information content (AvgIpc) is 2.97. The number of hydrogen-bond donors (Lipinski definition) is 1. The Morgan fingerprint density at radius 2 is 2.13 bits per heavy atom. The number of halogens is 2. The minimum absolute atomic E-state index is 0.0498. The molecule has 1 aromatic rings. The minimum atomic E-state index is -0.523. The number of hydrogen-bond acceptors (Lipinski definition) is 1. The fourth-order valence-corrected chi connectivity index (χ4v) is 1.63. The van der Waals surface area contributed by atoms with Gasteiger partial charge in [-0.3, -0.25) is 0 Å². The van der Waals surface area contributed by atoms with E-state index in [1.54, 1.807) is 0 Å². The van der Waals surface area contributed by atoms with E-state index < -0.39 is 11.6 Å². The van der Waals surface area contributed by atoms with Gasteiger partial charge < -0.3 is 5.32 Å². The van der Waals surface area contributed by atoms with Crippen molar-refractivity contribution in [1.29, 1.82) is 0 Å². The maximum absolute atomic E-state index is 13.4. The molecule has 1 aromatic carbocycles. The van der Waals surface area contributed by atoms with E-state index in [1.165, 1.54) is 25.0 Å².